The van der Waals surface area contributed by atoms with Gasteiger partial charge < -0.3 is 10.2 Å². The van der Waals surface area contributed by atoms with Gasteiger partial charge in [-0.1, -0.05) is 17.7 Å². The van der Waals surface area contributed by atoms with E-state index in [9.17, 15) is 26.8 Å². The molecule has 11 heteroatoms. The molecule has 0 spiro atoms. The molecule has 2 aromatic carbocycles. The minimum absolute atomic E-state index is 0.0295. The first-order valence-corrected chi connectivity index (χ1v) is 12.9. The molecule has 34 heavy (non-hydrogen) atoms. The van der Waals surface area contributed by atoms with Crippen molar-refractivity contribution in [2.75, 3.05) is 6.54 Å². The van der Waals surface area contributed by atoms with Crippen molar-refractivity contribution in [1.82, 2.24) is 10.2 Å². The predicted octanol–water partition coefficient (Wildman–Crippen LogP) is 2.99. The summed E-state index contributed by atoms with van der Waals surface area (Å²) in [6, 6.07) is 5.75. The van der Waals surface area contributed by atoms with E-state index in [0.717, 1.165) is 31.4 Å². The number of carbonyl (C=O) groups is 2. The molecule has 0 bridgehead atoms. The molecule has 2 aromatic rings. The summed E-state index contributed by atoms with van der Waals surface area (Å²) in [5.74, 6) is -2.29. The number of hydrogen-bond acceptors (Lipinski definition) is 4. The average molecular weight is 510 g/mol. The van der Waals surface area contributed by atoms with E-state index >= 15 is 0 Å². The summed E-state index contributed by atoms with van der Waals surface area (Å²) >= 11 is 5.68. The number of sulfonamides is 1. The molecule has 3 fully saturated rings. The number of primary sulfonamides is 1. The SMILES string of the molecule is NS(=O)(=O)c1cccc(C(=O)N2C[C@H]3C[C@H]3[C@@H]2C(=O)N[C@@H](c2cc(F)c(Cl)cc2F)C2CC2)c1. The van der Waals surface area contributed by atoms with Crippen LogP contribution in [0, 0.1) is 29.4 Å². The normalized spacial score (nSPS) is 24.5. The smallest absolute Gasteiger partial charge is 0.254 e. The molecular weight excluding hydrogens is 488 g/mol. The van der Waals surface area contributed by atoms with Crippen LogP contribution < -0.4 is 10.5 Å². The zero-order chi connectivity index (χ0) is 24.4. The molecule has 2 saturated carbocycles. The van der Waals surface area contributed by atoms with Crippen LogP contribution in [-0.2, 0) is 14.8 Å². The Kier molecular flexibility index (Phi) is 5.65. The molecule has 5 rings (SSSR count). The molecule has 7 nitrogen and oxygen atoms in total. The van der Waals surface area contributed by atoms with Crippen molar-refractivity contribution < 1.29 is 26.8 Å². The Hall–Kier alpha value is -2.56. The Morgan fingerprint density at radius 2 is 1.88 bits per heavy atom. The average Bonchev–Trinajstić information content (AvgIpc) is 3.71. The highest BCUT2D eigenvalue weighted by Crippen LogP contribution is 2.50. The topological polar surface area (TPSA) is 110 Å². The van der Waals surface area contributed by atoms with Gasteiger partial charge in [-0.3, -0.25) is 9.59 Å². The van der Waals surface area contributed by atoms with Gasteiger partial charge in [0.15, 0.2) is 0 Å². The zero-order valence-corrected chi connectivity index (χ0v) is 19.5. The van der Waals surface area contributed by atoms with E-state index in [2.05, 4.69) is 5.32 Å². The molecule has 1 saturated heterocycles. The van der Waals surface area contributed by atoms with Crippen molar-refractivity contribution in [2.24, 2.45) is 22.9 Å². The molecule has 1 heterocycles. The number of fused-ring (bicyclic) bond motifs is 1. The molecule has 1 aliphatic heterocycles. The number of nitrogens with one attached hydrogen (secondary N) is 1. The molecular formula is C23H22ClF2N3O4S. The van der Waals surface area contributed by atoms with E-state index in [1.165, 1.54) is 29.2 Å². The maximum absolute atomic E-state index is 14.6. The fourth-order valence-corrected chi connectivity index (χ4v) is 5.59. The first kappa shape index (κ1) is 23.2. The van der Waals surface area contributed by atoms with Crippen LogP contribution in [0.1, 0.15) is 41.2 Å². The second-order valence-corrected chi connectivity index (χ2v) is 11.2. The lowest BCUT2D eigenvalue weighted by Crippen LogP contribution is -2.49. The predicted molar refractivity (Wildman–Crippen MR) is 119 cm³/mol. The van der Waals surface area contributed by atoms with Crippen LogP contribution in [0.25, 0.3) is 0 Å². The molecule has 0 radical (unpaired) electrons. The van der Waals surface area contributed by atoms with Crippen LogP contribution >= 0.6 is 11.6 Å². The lowest BCUT2D eigenvalue weighted by Gasteiger charge is -2.29. The summed E-state index contributed by atoms with van der Waals surface area (Å²) in [5.41, 5.74) is 0.136. The zero-order valence-electron chi connectivity index (χ0n) is 17.9. The number of nitrogens with two attached hydrogens (primary N) is 1. The Morgan fingerprint density at radius 3 is 2.56 bits per heavy atom. The molecule has 2 aliphatic carbocycles. The second-order valence-electron chi connectivity index (χ2n) is 9.25. The number of piperidine rings is 1. The monoisotopic (exact) mass is 509 g/mol. The van der Waals surface area contributed by atoms with Gasteiger partial charge in [-0.05, 0) is 67.3 Å². The van der Waals surface area contributed by atoms with E-state index < -0.39 is 45.6 Å². The van der Waals surface area contributed by atoms with Crippen molar-refractivity contribution in [3.8, 4) is 0 Å². The third kappa shape index (κ3) is 4.30. The highest BCUT2D eigenvalue weighted by atomic mass is 35.5. The number of likely N-dealkylation sites (tertiary alicyclic amines) is 1. The maximum atomic E-state index is 14.6. The van der Waals surface area contributed by atoms with Crippen molar-refractivity contribution >= 4 is 33.4 Å². The van der Waals surface area contributed by atoms with E-state index in [1.54, 1.807) is 0 Å². The second kappa shape index (κ2) is 8.28. The first-order valence-electron chi connectivity index (χ1n) is 10.9. The minimum Gasteiger partial charge on any atom is -0.347 e. The number of carbonyl (C=O) groups excluding carboxylic acids is 2. The summed E-state index contributed by atoms with van der Waals surface area (Å²) in [6.07, 6.45) is 2.31. The number of benzene rings is 2. The van der Waals surface area contributed by atoms with Gasteiger partial charge >= 0.3 is 0 Å². The number of nitrogens with zero attached hydrogens (tertiary/aromatic N) is 1. The summed E-state index contributed by atoms with van der Waals surface area (Å²) < 4.78 is 52.0. The van der Waals surface area contributed by atoms with Gasteiger partial charge in [-0.15, -0.1) is 0 Å². The fourth-order valence-electron chi connectivity index (χ4n) is 4.88. The fraction of sp³-hybridized carbons (Fsp3) is 0.391. The van der Waals surface area contributed by atoms with Crippen LogP contribution in [0.5, 0.6) is 0 Å². The van der Waals surface area contributed by atoms with Crippen molar-refractivity contribution in [2.45, 2.75) is 36.2 Å². The largest absolute Gasteiger partial charge is 0.347 e. The third-order valence-corrected chi connectivity index (χ3v) is 8.06. The minimum atomic E-state index is -4.00. The van der Waals surface area contributed by atoms with Gasteiger partial charge in [-0.2, -0.15) is 0 Å². The van der Waals surface area contributed by atoms with Crippen LogP contribution in [0.4, 0.5) is 8.78 Å². The third-order valence-electron chi connectivity index (χ3n) is 6.85. The summed E-state index contributed by atoms with van der Waals surface area (Å²) in [5, 5.41) is 7.70. The van der Waals surface area contributed by atoms with Crippen molar-refractivity contribution in [1.29, 1.82) is 0 Å². The van der Waals surface area contributed by atoms with Gasteiger partial charge in [0.25, 0.3) is 5.91 Å². The van der Waals surface area contributed by atoms with Crippen LogP contribution in [0.15, 0.2) is 41.3 Å². The summed E-state index contributed by atoms with van der Waals surface area (Å²) in [6.45, 7) is 0.360. The molecule has 2 amide bonds. The van der Waals surface area contributed by atoms with Crippen molar-refractivity contribution in [3.05, 3.63) is 64.2 Å². The van der Waals surface area contributed by atoms with Gasteiger partial charge in [0, 0.05) is 17.7 Å². The van der Waals surface area contributed by atoms with Crippen LogP contribution in [0.2, 0.25) is 5.02 Å². The molecule has 3 N–H and O–H groups in total. The van der Waals surface area contributed by atoms with E-state index in [1.807, 2.05) is 0 Å². The Morgan fingerprint density at radius 1 is 1.15 bits per heavy atom. The van der Waals surface area contributed by atoms with E-state index in [-0.39, 0.29) is 38.8 Å². The lowest BCUT2D eigenvalue weighted by atomic mass is 10.00. The van der Waals surface area contributed by atoms with Gasteiger partial charge in [0.1, 0.15) is 17.7 Å². The molecule has 180 valence electrons. The Labute approximate surface area is 200 Å². The van der Waals surface area contributed by atoms with Crippen molar-refractivity contribution in [3.63, 3.8) is 0 Å². The number of rotatable bonds is 6. The number of halogens is 3. The highest BCUT2D eigenvalue weighted by molar-refractivity contribution is 7.89. The number of hydrogen-bond donors (Lipinski definition) is 2. The molecule has 0 aromatic heterocycles. The number of amides is 2. The molecule has 4 atom stereocenters. The van der Waals surface area contributed by atoms with Gasteiger partial charge in [0.05, 0.1) is 16.0 Å². The Bertz CT molecular complexity index is 1300. The van der Waals surface area contributed by atoms with Crippen LogP contribution in [-0.4, -0.2) is 37.7 Å². The van der Waals surface area contributed by atoms with Gasteiger partial charge in [0.2, 0.25) is 15.9 Å². The molecule has 0 unspecified atom stereocenters. The Balaban J connectivity index is 1.40. The van der Waals surface area contributed by atoms with Gasteiger partial charge in [-0.25, -0.2) is 22.3 Å². The lowest BCUT2D eigenvalue weighted by molar-refractivity contribution is -0.126. The summed E-state index contributed by atoms with van der Waals surface area (Å²) in [7, 11) is -4.00. The van der Waals surface area contributed by atoms with Crippen LogP contribution in [0.3, 0.4) is 0 Å². The van der Waals surface area contributed by atoms with E-state index in [0.29, 0.717) is 6.54 Å². The maximum Gasteiger partial charge on any atom is 0.254 e. The summed E-state index contributed by atoms with van der Waals surface area (Å²) in [4.78, 5) is 27.8. The molecule has 3 aliphatic rings. The highest BCUT2D eigenvalue weighted by Gasteiger charge is 2.57. The quantitative estimate of drug-likeness (QED) is 0.583. The standard InChI is InChI=1S/C23H22ClF2N3O4S/c24-17-9-18(25)16(8-19(17)26)20(11-4-5-11)28-22(30)21-15-7-13(15)10-29(21)23(31)12-2-1-3-14(6-12)34(27,32)33/h1-3,6,8-9,11,13,15,20-21H,4-5,7,10H2,(H,28,30)(H2,27,32,33)/t13-,15-,20-,21-/m1/s1. The van der Waals surface area contributed by atoms with E-state index in [4.69, 9.17) is 16.7 Å². The first-order chi connectivity index (χ1) is 16.0.